The van der Waals surface area contributed by atoms with Gasteiger partial charge in [-0.05, 0) is 21.0 Å². The lowest BCUT2D eigenvalue weighted by Crippen LogP contribution is -2.68. The largest absolute Gasteiger partial charge is 0.457 e. The van der Waals surface area contributed by atoms with Crippen molar-refractivity contribution < 1.29 is 33.6 Å². The maximum absolute atomic E-state index is 12.0. The third-order valence-corrected chi connectivity index (χ3v) is 12.1. The Morgan fingerprint density at radius 1 is 0.846 bits per heavy atom. The Labute approximate surface area is 231 Å². The number of rotatable bonds is 9. The van der Waals surface area contributed by atoms with Gasteiger partial charge in [0.1, 0.15) is 18.3 Å². The smallest absolute Gasteiger partial charge is 0.303 e. The second-order valence-corrected chi connectivity index (χ2v) is 15.2. The molecule has 0 aliphatic carbocycles. The summed E-state index contributed by atoms with van der Waals surface area (Å²) >= 11 is 0. The van der Waals surface area contributed by atoms with Gasteiger partial charge in [0, 0.05) is 6.92 Å². The van der Waals surface area contributed by atoms with E-state index in [-0.39, 0.29) is 18.3 Å². The number of carbonyl (C=O) groups excluding carboxylic acids is 1. The SMILES string of the molecule is CC(=O)O[C@H]1[C@H](O)[C@H](O)[C@@H](OCc2ccccc2)O[C@@H]1CO[Si](c1ccccc1)(c1ccccc1)C(C)(C)C. The van der Waals surface area contributed by atoms with Crippen LogP contribution in [0.4, 0.5) is 0 Å². The van der Waals surface area contributed by atoms with E-state index >= 15 is 0 Å². The fourth-order valence-corrected chi connectivity index (χ4v) is 9.81. The highest BCUT2D eigenvalue weighted by molar-refractivity contribution is 6.99. The van der Waals surface area contributed by atoms with Gasteiger partial charge in [0.15, 0.2) is 12.4 Å². The van der Waals surface area contributed by atoms with Crippen LogP contribution in [0.1, 0.15) is 33.3 Å². The number of hydrogen-bond donors (Lipinski definition) is 2. The van der Waals surface area contributed by atoms with Gasteiger partial charge in [-0.25, -0.2) is 0 Å². The highest BCUT2D eigenvalue weighted by Crippen LogP contribution is 2.37. The van der Waals surface area contributed by atoms with Gasteiger partial charge in [-0.1, -0.05) is 112 Å². The molecule has 1 aliphatic heterocycles. The normalized spacial score (nSPS) is 23.8. The highest BCUT2D eigenvalue weighted by atomic mass is 28.4. The molecule has 0 radical (unpaired) electrons. The molecule has 3 aromatic carbocycles. The molecule has 0 aromatic heterocycles. The van der Waals surface area contributed by atoms with Crippen molar-refractivity contribution in [2.45, 2.75) is 70.0 Å². The third kappa shape index (κ3) is 6.49. The first kappa shape index (κ1) is 29.1. The number of aliphatic hydroxyl groups is 2. The number of esters is 1. The summed E-state index contributed by atoms with van der Waals surface area (Å²) in [7, 11) is -2.94. The molecule has 0 saturated carbocycles. The Bertz CT molecular complexity index is 1140. The van der Waals surface area contributed by atoms with E-state index in [0.717, 1.165) is 15.9 Å². The van der Waals surface area contributed by atoms with Gasteiger partial charge in [-0.15, -0.1) is 0 Å². The molecule has 0 spiro atoms. The van der Waals surface area contributed by atoms with E-state index in [1.807, 2.05) is 66.7 Å². The molecular formula is C31H38O7Si. The molecule has 5 atom stereocenters. The van der Waals surface area contributed by atoms with Gasteiger partial charge in [0.2, 0.25) is 0 Å². The molecule has 0 unspecified atom stereocenters. The standard InChI is InChI=1S/C31H38O7Si/c1-22(32)37-29-26(38-30(28(34)27(29)33)35-20-23-14-8-5-9-15-23)21-36-39(31(2,3)4,24-16-10-6-11-17-24)25-18-12-7-13-19-25/h5-19,26-30,33-34H,20-21H2,1-4H3/t26-,27-,28+,29-,30+/m1/s1. The van der Waals surface area contributed by atoms with Gasteiger partial charge in [0.05, 0.1) is 13.2 Å². The maximum Gasteiger partial charge on any atom is 0.303 e. The van der Waals surface area contributed by atoms with Gasteiger partial charge in [-0.2, -0.15) is 0 Å². The fourth-order valence-electron chi connectivity index (χ4n) is 5.24. The number of ether oxygens (including phenoxy) is 3. The highest BCUT2D eigenvalue weighted by Gasteiger charge is 2.53. The van der Waals surface area contributed by atoms with Crippen LogP contribution in [0, 0.1) is 0 Å². The van der Waals surface area contributed by atoms with E-state index in [9.17, 15) is 15.0 Å². The zero-order valence-corrected chi connectivity index (χ0v) is 23.9. The first-order chi connectivity index (χ1) is 18.6. The van der Waals surface area contributed by atoms with E-state index in [2.05, 4.69) is 45.0 Å². The van der Waals surface area contributed by atoms with E-state index in [1.165, 1.54) is 6.92 Å². The van der Waals surface area contributed by atoms with Crippen LogP contribution in [-0.4, -0.2) is 61.8 Å². The molecule has 1 fully saturated rings. The van der Waals surface area contributed by atoms with Crippen LogP contribution in [0.5, 0.6) is 0 Å². The van der Waals surface area contributed by atoms with Crippen molar-refractivity contribution >= 4 is 24.7 Å². The minimum Gasteiger partial charge on any atom is -0.457 e. The molecule has 2 N–H and O–H groups in total. The van der Waals surface area contributed by atoms with E-state index in [1.54, 1.807) is 0 Å². The topological polar surface area (TPSA) is 94.5 Å². The summed E-state index contributed by atoms with van der Waals surface area (Å²) in [6.07, 6.45) is -5.99. The zero-order chi connectivity index (χ0) is 28.0. The van der Waals surface area contributed by atoms with Crippen LogP contribution >= 0.6 is 0 Å². The molecule has 208 valence electrons. The van der Waals surface area contributed by atoms with Gasteiger partial charge in [-0.3, -0.25) is 4.79 Å². The van der Waals surface area contributed by atoms with Crippen molar-refractivity contribution in [2.24, 2.45) is 0 Å². The molecule has 0 amide bonds. The molecule has 1 saturated heterocycles. The molecule has 4 rings (SSSR count). The average Bonchev–Trinajstić information content (AvgIpc) is 2.93. The number of aliphatic hydroxyl groups excluding tert-OH is 2. The summed E-state index contributed by atoms with van der Waals surface area (Å²) in [4.78, 5) is 12.0. The lowest BCUT2D eigenvalue weighted by atomic mass is 9.99. The van der Waals surface area contributed by atoms with Crippen LogP contribution in [0.2, 0.25) is 5.04 Å². The third-order valence-electron chi connectivity index (χ3n) is 7.08. The molecule has 8 heteroatoms. The van der Waals surface area contributed by atoms with Crippen LogP contribution in [0.25, 0.3) is 0 Å². The van der Waals surface area contributed by atoms with Crippen molar-refractivity contribution in [1.82, 2.24) is 0 Å². The van der Waals surface area contributed by atoms with Crippen molar-refractivity contribution in [3.05, 3.63) is 96.6 Å². The Hall–Kier alpha value is -2.85. The predicted octanol–water partition coefficient (Wildman–Crippen LogP) is 3.16. The lowest BCUT2D eigenvalue weighted by molar-refractivity contribution is -0.305. The quantitative estimate of drug-likeness (QED) is 0.312. The second kappa shape index (κ2) is 12.5. The minimum atomic E-state index is -2.94. The number of hydrogen-bond acceptors (Lipinski definition) is 7. The fraction of sp³-hybridized carbons (Fsp3) is 0.387. The lowest BCUT2D eigenvalue weighted by Gasteiger charge is -2.46. The molecule has 39 heavy (non-hydrogen) atoms. The molecule has 1 heterocycles. The Morgan fingerprint density at radius 3 is 1.85 bits per heavy atom. The van der Waals surface area contributed by atoms with Gasteiger partial charge < -0.3 is 28.8 Å². The molecule has 7 nitrogen and oxygen atoms in total. The van der Waals surface area contributed by atoms with Crippen molar-refractivity contribution in [2.75, 3.05) is 6.61 Å². The minimum absolute atomic E-state index is 0.0141. The molecular weight excluding hydrogens is 512 g/mol. The van der Waals surface area contributed by atoms with E-state index in [0.29, 0.717) is 0 Å². The van der Waals surface area contributed by atoms with Crippen LogP contribution in [-0.2, 0) is 30.0 Å². The number of carbonyl (C=O) groups is 1. The summed E-state index contributed by atoms with van der Waals surface area (Å²) in [5.74, 6) is -0.589. The molecule has 0 bridgehead atoms. The van der Waals surface area contributed by atoms with Crippen molar-refractivity contribution in [3.8, 4) is 0 Å². The summed E-state index contributed by atoms with van der Waals surface area (Å²) in [6, 6.07) is 29.8. The van der Waals surface area contributed by atoms with E-state index < -0.39 is 45.0 Å². The van der Waals surface area contributed by atoms with Gasteiger partial charge >= 0.3 is 5.97 Å². The molecule has 3 aromatic rings. The Morgan fingerprint density at radius 2 is 1.36 bits per heavy atom. The summed E-state index contributed by atoms with van der Waals surface area (Å²) in [5, 5.41) is 23.7. The van der Waals surface area contributed by atoms with Gasteiger partial charge in [0.25, 0.3) is 8.32 Å². The molecule has 1 aliphatic rings. The first-order valence-electron chi connectivity index (χ1n) is 13.2. The summed E-state index contributed by atoms with van der Waals surface area (Å²) in [5.41, 5.74) is 0.894. The van der Waals surface area contributed by atoms with Crippen LogP contribution in [0.15, 0.2) is 91.0 Å². The van der Waals surface area contributed by atoms with E-state index in [4.69, 9.17) is 18.6 Å². The second-order valence-electron chi connectivity index (χ2n) is 10.9. The van der Waals surface area contributed by atoms with Crippen LogP contribution < -0.4 is 10.4 Å². The Kier molecular flexibility index (Phi) is 9.38. The van der Waals surface area contributed by atoms with Crippen molar-refractivity contribution in [1.29, 1.82) is 0 Å². The average molecular weight is 551 g/mol. The maximum atomic E-state index is 12.0. The number of benzene rings is 3. The first-order valence-corrected chi connectivity index (χ1v) is 15.1. The van der Waals surface area contributed by atoms with Crippen molar-refractivity contribution in [3.63, 3.8) is 0 Å². The Balaban J connectivity index is 1.66. The zero-order valence-electron chi connectivity index (χ0n) is 22.9. The van der Waals surface area contributed by atoms with Crippen LogP contribution in [0.3, 0.4) is 0 Å². The summed E-state index contributed by atoms with van der Waals surface area (Å²) in [6.45, 7) is 7.94. The summed E-state index contributed by atoms with van der Waals surface area (Å²) < 4.78 is 24.5. The predicted molar refractivity (Wildman–Crippen MR) is 151 cm³/mol. The monoisotopic (exact) mass is 550 g/mol.